The van der Waals surface area contributed by atoms with Gasteiger partial charge in [0.05, 0.1) is 41.2 Å². The van der Waals surface area contributed by atoms with Crippen LogP contribution in [-0.4, -0.2) is 55.9 Å². The second-order valence-electron chi connectivity index (χ2n) is 6.53. The molecule has 2 amide bonds. The summed E-state index contributed by atoms with van der Waals surface area (Å²) < 4.78 is 16.8. The molecule has 0 radical (unpaired) electrons. The molecule has 3 heterocycles. The van der Waals surface area contributed by atoms with Gasteiger partial charge in [0.15, 0.2) is 11.5 Å². The summed E-state index contributed by atoms with van der Waals surface area (Å²) in [5.41, 5.74) is 1.74. The lowest BCUT2D eigenvalue weighted by atomic mass is 10.0. The molecule has 0 unspecified atom stereocenters. The fourth-order valence-electron chi connectivity index (χ4n) is 3.06. The summed E-state index contributed by atoms with van der Waals surface area (Å²) in [7, 11) is 3.19. The van der Waals surface area contributed by atoms with Gasteiger partial charge in [-0.3, -0.25) is 19.7 Å². The lowest BCUT2D eigenvalue weighted by Crippen LogP contribution is -2.24. The fourth-order valence-corrected chi connectivity index (χ4v) is 3.37. The number of benzene rings is 1. The summed E-state index contributed by atoms with van der Waals surface area (Å²) in [6.07, 6.45) is 6.57. The number of fused-ring (bicyclic) bond motifs is 2. The minimum atomic E-state index is -0.704. The minimum absolute atomic E-state index is 0.145. The van der Waals surface area contributed by atoms with E-state index in [1.807, 2.05) is 0 Å². The summed E-state index contributed by atoms with van der Waals surface area (Å²) in [5, 5.41) is 9.60. The number of aromatic amines is 1. The highest BCUT2D eigenvalue weighted by Gasteiger charge is 2.24. The second kappa shape index (κ2) is 7.13. The van der Waals surface area contributed by atoms with Crippen LogP contribution in [0.3, 0.4) is 0 Å². The summed E-state index contributed by atoms with van der Waals surface area (Å²) in [4.78, 5) is 32.6. The molecule has 1 aromatic carbocycles. The van der Waals surface area contributed by atoms with E-state index in [-0.39, 0.29) is 22.9 Å². The topological polar surface area (TPSA) is 108 Å². The van der Waals surface area contributed by atoms with E-state index in [9.17, 15) is 9.59 Å². The number of H-pyrrole nitrogens is 1. The van der Waals surface area contributed by atoms with Crippen molar-refractivity contribution >= 4 is 46.3 Å². The number of carbonyl (C=O) groups is 2. The van der Waals surface area contributed by atoms with Crippen LogP contribution >= 0.6 is 11.6 Å². The highest BCUT2D eigenvalue weighted by atomic mass is 35.5. The fraction of sp³-hybridized carbons (Fsp3) is 0.167. The molecular weight excluding hydrogens is 401 g/mol. The van der Waals surface area contributed by atoms with Crippen molar-refractivity contribution in [2.24, 2.45) is 0 Å². The molecule has 0 aliphatic rings. The molecule has 4 aromatic rings. The standard InChI is InChI=1S/C18H15ClFN7O2/c1-26(2)14(29)3-9-17(20)16(19)15(10-4-23-25-18(9)10)11-6-27-7-12(22-8-28)24-13(27)5-21-11/h4-8H,3H2,1-2H3,(H,22,28)(H,23,25). The van der Waals surface area contributed by atoms with Crippen LogP contribution in [-0.2, 0) is 16.0 Å². The van der Waals surface area contributed by atoms with Crippen LogP contribution in [0.15, 0.2) is 24.8 Å². The first-order chi connectivity index (χ1) is 13.9. The first kappa shape index (κ1) is 18.8. The molecule has 0 aliphatic heterocycles. The van der Waals surface area contributed by atoms with Crippen molar-refractivity contribution in [1.29, 1.82) is 0 Å². The minimum Gasteiger partial charge on any atom is -0.349 e. The van der Waals surface area contributed by atoms with Crippen molar-refractivity contribution in [1.82, 2.24) is 29.5 Å². The summed E-state index contributed by atoms with van der Waals surface area (Å²) in [5.74, 6) is -0.622. The first-order valence-corrected chi connectivity index (χ1v) is 8.87. The number of hydrogen-bond donors (Lipinski definition) is 2. The molecule has 3 aromatic heterocycles. The molecule has 148 valence electrons. The number of nitrogens with one attached hydrogen (secondary N) is 2. The maximum Gasteiger partial charge on any atom is 0.226 e. The van der Waals surface area contributed by atoms with Gasteiger partial charge in [-0.1, -0.05) is 11.6 Å². The monoisotopic (exact) mass is 415 g/mol. The zero-order valence-corrected chi connectivity index (χ0v) is 16.2. The quantitative estimate of drug-likeness (QED) is 0.486. The number of anilines is 1. The molecule has 4 rings (SSSR count). The Morgan fingerprint density at radius 1 is 1.38 bits per heavy atom. The zero-order valence-electron chi connectivity index (χ0n) is 15.4. The molecule has 2 N–H and O–H groups in total. The average Bonchev–Trinajstić information content (AvgIpc) is 3.31. The molecule has 0 atom stereocenters. The van der Waals surface area contributed by atoms with Gasteiger partial charge in [0.2, 0.25) is 12.3 Å². The predicted molar refractivity (Wildman–Crippen MR) is 105 cm³/mol. The normalized spacial score (nSPS) is 11.2. The van der Waals surface area contributed by atoms with E-state index in [2.05, 4.69) is 25.5 Å². The molecule has 9 nitrogen and oxygen atoms in total. The molecule has 11 heteroatoms. The van der Waals surface area contributed by atoms with Gasteiger partial charge in [0.1, 0.15) is 5.82 Å². The van der Waals surface area contributed by atoms with E-state index < -0.39 is 5.82 Å². The zero-order chi connectivity index (χ0) is 20.7. The molecule has 0 saturated carbocycles. The third-order valence-corrected chi connectivity index (χ3v) is 4.87. The lowest BCUT2D eigenvalue weighted by Gasteiger charge is -2.14. The Hall–Kier alpha value is -3.53. The number of likely N-dealkylation sites (N-methyl/N-ethyl adjacent to an activating group) is 1. The van der Waals surface area contributed by atoms with Gasteiger partial charge in [0.25, 0.3) is 0 Å². The van der Waals surface area contributed by atoms with Crippen molar-refractivity contribution in [2.75, 3.05) is 19.4 Å². The van der Waals surface area contributed by atoms with Crippen LogP contribution in [0.5, 0.6) is 0 Å². The Balaban J connectivity index is 1.89. The van der Waals surface area contributed by atoms with E-state index >= 15 is 4.39 Å². The number of imidazole rings is 1. The Bertz CT molecular complexity index is 1260. The molecular formula is C18H15ClFN7O2. The SMILES string of the molecule is CN(C)C(=O)Cc1c(F)c(Cl)c(-c2cn3cc(NC=O)nc3cn2)c2cn[nH]c12. The maximum atomic E-state index is 15.2. The number of rotatable bonds is 5. The largest absolute Gasteiger partial charge is 0.349 e. The summed E-state index contributed by atoms with van der Waals surface area (Å²) in [6.45, 7) is 0. The highest BCUT2D eigenvalue weighted by Crippen LogP contribution is 2.38. The third-order valence-electron chi connectivity index (χ3n) is 4.52. The number of carbonyl (C=O) groups excluding carboxylic acids is 2. The predicted octanol–water partition coefficient (Wildman–Crippen LogP) is 2.26. The summed E-state index contributed by atoms with van der Waals surface area (Å²) >= 11 is 6.37. The number of hydrogen-bond acceptors (Lipinski definition) is 5. The Kier molecular flexibility index (Phi) is 4.63. The Labute approximate surface area is 168 Å². The van der Waals surface area contributed by atoms with E-state index in [1.165, 1.54) is 17.3 Å². The van der Waals surface area contributed by atoms with Gasteiger partial charge in [-0.15, -0.1) is 0 Å². The molecule has 29 heavy (non-hydrogen) atoms. The van der Waals surface area contributed by atoms with Gasteiger partial charge < -0.3 is 14.6 Å². The average molecular weight is 416 g/mol. The lowest BCUT2D eigenvalue weighted by molar-refractivity contribution is -0.128. The van der Waals surface area contributed by atoms with Gasteiger partial charge in [0, 0.05) is 36.8 Å². The maximum absolute atomic E-state index is 15.2. The van der Waals surface area contributed by atoms with Gasteiger partial charge in [-0.25, -0.2) is 9.37 Å². The number of aromatic nitrogens is 5. The van der Waals surface area contributed by atoms with Gasteiger partial charge in [-0.05, 0) is 0 Å². The van der Waals surface area contributed by atoms with E-state index in [0.29, 0.717) is 40.0 Å². The molecule has 0 aliphatic carbocycles. The van der Waals surface area contributed by atoms with Crippen molar-refractivity contribution in [3.8, 4) is 11.3 Å². The third kappa shape index (κ3) is 3.17. The smallest absolute Gasteiger partial charge is 0.226 e. The second-order valence-corrected chi connectivity index (χ2v) is 6.91. The van der Waals surface area contributed by atoms with Crippen LogP contribution < -0.4 is 5.32 Å². The van der Waals surface area contributed by atoms with Crippen molar-refractivity contribution < 1.29 is 14.0 Å². The van der Waals surface area contributed by atoms with Crippen LogP contribution in [0, 0.1) is 5.82 Å². The van der Waals surface area contributed by atoms with Gasteiger partial charge in [-0.2, -0.15) is 5.10 Å². The first-order valence-electron chi connectivity index (χ1n) is 8.49. The van der Waals surface area contributed by atoms with Crippen LogP contribution in [0.2, 0.25) is 5.02 Å². The van der Waals surface area contributed by atoms with Crippen LogP contribution in [0.25, 0.3) is 27.8 Å². The van der Waals surface area contributed by atoms with E-state index in [0.717, 1.165) is 0 Å². The summed E-state index contributed by atoms with van der Waals surface area (Å²) in [6, 6.07) is 0. The molecule has 0 bridgehead atoms. The van der Waals surface area contributed by atoms with Crippen molar-refractivity contribution in [2.45, 2.75) is 6.42 Å². The van der Waals surface area contributed by atoms with E-state index in [1.54, 1.807) is 30.9 Å². The van der Waals surface area contributed by atoms with Crippen LogP contribution in [0.4, 0.5) is 10.2 Å². The van der Waals surface area contributed by atoms with Crippen molar-refractivity contribution in [3.63, 3.8) is 0 Å². The van der Waals surface area contributed by atoms with Gasteiger partial charge >= 0.3 is 0 Å². The highest BCUT2D eigenvalue weighted by molar-refractivity contribution is 6.35. The Morgan fingerprint density at radius 2 is 2.17 bits per heavy atom. The number of nitrogens with zero attached hydrogens (tertiary/aromatic N) is 5. The molecule has 0 fully saturated rings. The van der Waals surface area contributed by atoms with Crippen LogP contribution in [0.1, 0.15) is 5.56 Å². The Morgan fingerprint density at radius 3 is 2.90 bits per heavy atom. The number of halogens is 2. The van der Waals surface area contributed by atoms with E-state index in [4.69, 9.17) is 11.6 Å². The molecule has 0 spiro atoms. The van der Waals surface area contributed by atoms with Crippen molar-refractivity contribution in [3.05, 3.63) is 41.2 Å². The molecule has 0 saturated heterocycles. The number of amides is 2.